The van der Waals surface area contributed by atoms with E-state index in [4.69, 9.17) is 5.11 Å². The lowest BCUT2D eigenvalue weighted by atomic mass is 10.1. The molecule has 2 nitrogen and oxygen atoms in total. The first kappa shape index (κ1) is 14.2. The summed E-state index contributed by atoms with van der Waals surface area (Å²) in [5.74, 6) is 0.422. The molecule has 0 spiro atoms. The number of halogens is 1. The van der Waals surface area contributed by atoms with Crippen LogP contribution < -0.4 is 5.32 Å². The van der Waals surface area contributed by atoms with Gasteiger partial charge >= 0.3 is 0 Å². The van der Waals surface area contributed by atoms with E-state index in [1.54, 1.807) is 11.3 Å². The predicted molar refractivity (Wildman–Crippen MR) is 73.9 cm³/mol. The van der Waals surface area contributed by atoms with Gasteiger partial charge in [-0.05, 0) is 59.6 Å². The van der Waals surface area contributed by atoms with Crippen molar-refractivity contribution >= 4 is 27.3 Å². The van der Waals surface area contributed by atoms with Crippen LogP contribution in [0.3, 0.4) is 0 Å². The lowest BCUT2D eigenvalue weighted by Crippen LogP contribution is -2.20. The summed E-state index contributed by atoms with van der Waals surface area (Å²) in [5.41, 5.74) is 0. The molecule has 4 heteroatoms. The van der Waals surface area contributed by atoms with Crippen LogP contribution in [-0.4, -0.2) is 18.3 Å². The quantitative estimate of drug-likeness (QED) is 0.755. The molecule has 2 unspecified atom stereocenters. The van der Waals surface area contributed by atoms with Gasteiger partial charge in [0, 0.05) is 22.0 Å². The molecule has 1 rings (SSSR count). The second kappa shape index (κ2) is 7.43. The zero-order valence-electron chi connectivity index (χ0n) is 9.87. The average molecular weight is 306 g/mol. The van der Waals surface area contributed by atoms with Crippen LogP contribution in [0.15, 0.2) is 15.9 Å². The Balaban J connectivity index is 2.21. The smallest absolute Gasteiger partial charge is 0.0456 e. The fourth-order valence-corrected chi connectivity index (χ4v) is 3.32. The molecular weight excluding hydrogens is 286 g/mol. The van der Waals surface area contributed by atoms with E-state index in [1.807, 2.05) is 0 Å². The Morgan fingerprint density at radius 1 is 1.50 bits per heavy atom. The van der Waals surface area contributed by atoms with E-state index in [9.17, 15) is 0 Å². The zero-order chi connectivity index (χ0) is 12.0. The van der Waals surface area contributed by atoms with Gasteiger partial charge in [0.25, 0.3) is 0 Å². The fourth-order valence-electron chi connectivity index (χ4n) is 1.57. The minimum absolute atomic E-state index is 0.298. The van der Waals surface area contributed by atoms with Gasteiger partial charge < -0.3 is 10.4 Å². The SMILES string of the molecule is CC(CO)CCCNC(C)c1sccc1Br. The molecule has 0 aliphatic heterocycles. The number of nitrogens with one attached hydrogen (secondary N) is 1. The van der Waals surface area contributed by atoms with E-state index in [0.717, 1.165) is 19.4 Å². The Kier molecular flexibility index (Phi) is 6.58. The number of thiophene rings is 1. The maximum Gasteiger partial charge on any atom is 0.0456 e. The molecule has 1 aromatic rings. The van der Waals surface area contributed by atoms with Crippen molar-refractivity contribution in [2.24, 2.45) is 5.92 Å². The highest BCUT2D eigenvalue weighted by Crippen LogP contribution is 2.28. The lowest BCUT2D eigenvalue weighted by Gasteiger charge is -2.14. The monoisotopic (exact) mass is 305 g/mol. The van der Waals surface area contributed by atoms with Crippen LogP contribution in [0.4, 0.5) is 0 Å². The van der Waals surface area contributed by atoms with Crippen LogP contribution in [0.25, 0.3) is 0 Å². The second-order valence-electron chi connectivity index (χ2n) is 4.24. The van der Waals surface area contributed by atoms with Gasteiger partial charge in [0.15, 0.2) is 0 Å². The van der Waals surface area contributed by atoms with Gasteiger partial charge in [-0.15, -0.1) is 11.3 Å². The zero-order valence-corrected chi connectivity index (χ0v) is 12.3. The van der Waals surface area contributed by atoms with Crippen LogP contribution in [0, 0.1) is 5.92 Å². The van der Waals surface area contributed by atoms with Crippen LogP contribution in [-0.2, 0) is 0 Å². The first-order valence-electron chi connectivity index (χ1n) is 5.72. The van der Waals surface area contributed by atoms with Gasteiger partial charge in [0.2, 0.25) is 0 Å². The van der Waals surface area contributed by atoms with Crippen LogP contribution in [0.5, 0.6) is 0 Å². The molecule has 2 N–H and O–H groups in total. The normalized spacial score (nSPS) is 15.0. The van der Waals surface area contributed by atoms with Gasteiger partial charge in [-0.3, -0.25) is 0 Å². The van der Waals surface area contributed by atoms with Crippen LogP contribution in [0.1, 0.15) is 37.6 Å². The topological polar surface area (TPSA) is 32.3 Å². The van der Waals surface area contributed by atoms with Crippen LogP contribution in [0.2, 0.25) is 0 Å². The third-order valence-electron chi connectivity index (χ3n) is 2.67. The number of rotatable bonds is 7. The molecule has 0 saturated heterocycles. The van der Waals surface area contributed by atoms with Crippen molar-refractivity contribution in [3.8, 4) is 0 Å². The van der Waals surface area contributed by atoms with Gasteiger partial charge in [0.05, 0.1) is 0 Å². The molecule has 0 aromatic carbocycles. The van der Waals surface area contributed by atoms with Crippen molar-refractivity contribution < 1.29 is 5.11 Å². The largest absolute Gasteiger partial charge is 0.396 e. The Bertz CT molecular complexity index is 303. The maximum absolute atomic E-state index is 8.90. The Labute approximate surface area is 110 Å². The summed E-state index contributed by atoms with van der Waals surface area (Å²) < 4.78 is 1.20. The molecule has 16 heavy (non-hydrogen) atoms. The highest BCUT2D eigenvalue weighted by molar-refractivity contribution is 9.10. The van der Waals surface area contributed by atoms with E-state index < -0.39 is 0 Å². The fraction of sp³-hybridized carbons (Fsp3) is 0.667. The third-order valence-corrected chi connectivity index (χ3v) is 4.73. The van der Waals surface area contributed by atoms with E-state index in [-0.39, 0.29) is 0 Å². The summed E-state index contributed by atoms with van der Waals surface area (Å²) in [6, 6.07) is 2.49. The molecule has 0 aliphatic rings. The van der Waals surface area contributed by atoms with Crippen molar-refractivity contribution in [2.75, 3.05) is 13.2 Å². The minimum Gasteiger partial charge on any atom is -0.396 e. The molecule has 1 heterocycles. The Hall–Kier alpha value is 0.100. The number of hydrogen-bond acceptors (Lipinski definition) is 3. The van der Waals surface area contributed by atoms with E-state index in [0.29, 0.717) is 18.6 Å². The second-order valence-corrected chi connectivity index (χ2v) is 6.04. The molecule has 0 amide bonds. The van der Waals surface area contributed by atoms with E-state index in [1.165, 1.54) is 9.35 Å². The summed E-state index contributed by atoms with van der Waals surface area (Å²) in [5, 5.41) is 14.5. The molecular formula is C12H20BrNOS. The molecule has 1 aromatic heterocycles. The third kappa shape index (κ3) is 4.53. The summed E-state index contributed by atoms with van der Waals surface area (Å²) in [7, 11) is 0. The molecule has 0 saturated carbocycles. The summed E-state index contributed by atoms with van der Waals surface area (Å²) in [4.78, 5) is 1.36. The summed E-state index contributed by atoms with van der Waals surface area (Å²) >= 11 is 5.32. The van der Waals surface area contributed by atoms with Gasteiger partial charge in [-0.25, -0.2) is 0 Å². The first-order valence-corrected chi connectivity index (χ1v) is 7.39. The number of hydrogen-bond donors (Lipinski definition) is 2. The van der Waals surface area contributed by atoms with Gasteiger partial charge in [-0.2, -0.15) is 0 Å². The van der Waals surface area contributed by atoms with Crippen molar-refractivity contribution in [1.82, 2.24) is 5.32 Å². The van der Waals surface area contributed by atoms with Crippen molar-refractivity contribution in [2.45, 2.75) is 32.7 Å². The first-order chi connectivity index (χ1) is 7.65. The van der Waals surface area contributed by atoms with Gasteiger partial charge in [-0.1, -0.05) is 6.92 Å². The standard InChI is InChI=1S/C12H20BrNOS/c1-9(8-15)4-3-6-14-10(2)12-11(13)5-7-16-12/h5,7,9-10,14-15H,3-4,6,8H2,1-2H3. The lowest BCUT2D eigenvalue weighted by molar-refractivity contribution is 0.227. The Morgan fingerprint density at radius 2 is 2.25 bits per heavy atom. The molecule has 0 bridgehead atoms. The maximum atomic E-state index is 8.90. The molecule has 0 aliphatic carbocycles. The predicted octanol–water partition coefficient (Wildman–Crippen LogP) is 3.57. The van der Waals surface area contributed by atoms with Crippen LogP contribution >= 0.6 is 27.3 Å². The van der Waals surface area contributed by atoms with Gasteiger partial charge in [0.1, 0.15) is 0 Å². The number of aliphatic hydroxyl groups is 1. The van der Waals surface area contributed by atoms with E-state index >= 15 is 0 Å². The minimum atomic E-state index is 0.298. The molecule has 2 atom stereocenters. The van der Waals surface area contributed by atoms with Crippen molar-refractivity contribution in [3.05, 3.63) is 20.8 Å². The molecule has 92 valence electrons. The highest BCUT2D eigenvalue weighted by Gasteiger charge is 2.09. The summed E-state index contributed by atoms with van der Waals surface area (Å²) in [6.45, 7) is 5.58. The summed E-state index contributed by atoms with van der Waals surface area (Å²) in [6.07, 6.45) is 2.21. The highest BCUT2D eigenvalue weighted by atomic mass is 79.9. The van der Waals surface area contributed by atoms with Crippen molar-refractivity contribution in [1.29, 1.82) is 0 Å². The molecule has 0 radical (unpaired) electrons. The Morgan fingerprint density at radius 3 is 2.81 bits per heavy atom. The van der Waals surface area contributed by atoms with E-state index in [2.05, 4.69) is 46.5 Å². The molecule has 0 fully saturated rings. The average Bonchev–Trinajstić information content (AvgIpc) is 2.70. The van der Waals surface area contributed by atoms with Crippen molar-refractivity contribution in [3.63, 3.8) is 0 Å². The number of aliphatic hydroxyl groups excluding tert-OH is 1.